The number of piperazine rings is 1. The van der Waals surface area contributed by atoms with Crippen molar-refractivity contribution in [1.82, 2.24) is 9.62 Å². The van der Waals surface area contributed by atoms with Crippen molar-refractivity contribution in [1.29, 1.82) is 0 Å². The highest BCUT2D eigenvalue weighted by atomic mass is 79.9. The van der Waals surface area contributed by atoms with Crippen LogP contribution in [0.3, 0.4) is 0 Å². The van der Waals surface area contributed by atoms with Crippen LogP contribution in [0.25, 0.3) is 0 Å². The Morgan fingerprint density at radius 2 is 1.89 bits per heavy atom. The summed E-state index contributed by atoms with van der Waals surface area (Å²) >= 11 is 3.29. The molecule has 0 saturated carbocycles. The van der Waals surface area contributed by atoms with Gasteiger partial charge in [-0.15, -0.1) is 12.4 Å². The van der Waals surface area contributed by atoms with E-state index in [2.05, 4.69) is 21.2 Å². The standard InChI is InChI=1S/C11H15BrN2O3S.ClH/c1-17-10-6-9(12)7-11(8-10)18(15,16)14-4-2-13-3-5-14;/h6-8,13H,2-5H2,1H3;1H. The largest absolute Gasteiger partial charge is 0.497 e. The van der Waals surface area contributed by atoms with Crippen molar-refractivity contribution in [2.24, 2.45) is 0 Å². The second-order valence-electron chi connectivity index (χ2n) is 3.98. The number of benzene rings is 1. The smallest absolute Gasteiger partial charge is 0.243 e. The van der Waals surface area contributed by atoms with Gasteiger partial charge in [-0.2, -0.15) is 4.31 Å². The normalized spacial score (nSPS) is 16.7. The number of halogens is 2. The van der Waals surface area contributed by atoms with Gasteiger partial charge in [0.05, 0.1) is 12.0 Å². The third kappa shape index (κ3) is 3.82. The van der Waals surface area contributed by atoms with Gasteiger partial charge in [-0.3, -0.25) is 0 Å². The second-order valence-corrected chi connectivity index (χ2v) is 6.83. The van der Waals surface area contributed by atoms with Crippen molar-refractivity contribution in [2.45, 2.75) is 4.90 Å². The van der Waals surface area contributed by atoms with Gasteiger partial charge in [0.15, 0.2) is 0 Å². The van der Waals surface area contributed by atoms with E-state index in [1.165, 1.54) is 11.4 Å². The van der Waals surface area contributed by atoms with Crippen molar-refractivity contribution < 1.29 is 13.2 Å². The fourth-order valence-corrected chi connectivity index (χ4v) is 3.96. The van der Waals surface area contributed by atoms with E-state index in [-0.39, 0.29) is 17.3 Å². The van der Waals surface area contributed by atoms with Crippen LogP contribution in [0.4, 0.5) is 0 Å². The molecular formula is C11H16BrClN2O3S. The number of hydrogen-bond acceptors (Lipinski definition) is 4. The molecule has 19 heavy (non-hydrogen) atoms. The zero-order valence-electron chi connectivity index (χ0n) is 10.4. The maximum atomic E-state index is 12.4. The molecule has 2 rings (SSSR count). The van der Waals surface area contributed by atoms with Crippen molar-refractivity contribution in [3.63, 3.8) is 0 Å². The maximum absolute atomic E-state index is 12.4. The second kappa shape index (κ2) is 6.90. The Morgan fingerprint density at radius 3 is 2.47 bits per heavy atom. The molecule has 1 heterocycles. The molecule has 8 heteroatoms. The Kier molecular flexibility index (Phi) is 6.07. The van der Waals surface area contributed by atoms with Crippen molar-refractivity contribution in [3.8, 4) is 5.75 Å². The molecular weight excluding hydrogens is 356 g/mol. The summed E-state index contributed by atoms with van der Waals surface area (Å²) in [6.45, 7) is 2.36. The minimum atomic E-state index is -3.43. The van der Waals surface area contributed by atoms with Crippen LogP contribution in [0.1, 0.15) is 0 Å². The van der Waals surface area contributed by atoms with Gasteiger partial charge in [-0.05, 0) is 12.1 Å². The SMILES string of the molecule is COc1cc(Br)cc(S(=O)(=O)N2CCNCC2)c1.Cl. The van der Waals surface area contributed by atoms with Crippen LogP contribution >= 0.6 is 28.3 Å². The molecule has 0 spiro atoms. The van der Waals surface area contributed by atoms with E-state index in [1.54, 1.807) is 18.2 Å². The zero-order chi connectivity index (χ0) is 13.2. The van der Waals surface area contributed by atoms with Crippen LogP contribution in [-0.4, -0.2) is 46.0 Å². The lowest BCUT2D eigenvalue weighted by atomic mass is 10.3. The summed E-state index contributed by atoms with van der Waals surface area (Å²) in [6, 6.07) is 4.87. The number of nitrogens with one attached hydrogen (secondary N) is 1. The number of ether oxygens (including phenoxy) is 1. The van der Waals surface area contributed by atoms with E-state index >= 15 is 0 Å². The van der Waals surface area contributed by atoms with Gasteiger partial charge in [0.25, 0.3) is 0 Å². The molecule has 5 nitrogen and oxygen atoms in total. The maximum Gasteiger partial charge on any atom is 0.243 e. The summed E-state index contributed by atoms with van der Waals surface area (Å²) < 4.78 is 32.1. The minimum absolute atomic E-state index is 0. The highest BCUT2D eigenvalue weighted by molar-refractivity contribution is 9.10. The van der Waals surface area contributed by atoms with Gasteiger partial charge >= 0.3 is 0 Å². The van der Waals surface area contributed by atoms with Crippen LogP contribution in [0.2, 0.25) is 0 Å². The highest BCUT2D eigenvalue weighted by Gasteiger charge is 2.26. The van der Waals surface area contributed by atoms with Crippen molar-refractivity contribution in [3.05, 3.63) is 22.7 Å². The molecule has 0 aromatic heterocycles. The van der Waals surface area contributed by atoms with Gasteiger partial charge in [0, 0.05) is 36.7 Å². The Bertz CT molecular complexity index is 533. The molecule has 0 radical (unpaired) electrons. The highest BCUT2D eigenvalue weighted by Crippen LogP contribution is 2.26. The van der Waals surface area contributed by atoms with Crippen LogP contribution in [-0.2, 0) is 10.0 Å². The van der Waals surface area contributed by atoms with E-state index in [0.29, 0.717) is 36.4 Å². The van der Waals surface area contributed by atoms with Crippen molar-refractivity contribution >= 4 is 38.4 Å². The molecule has 0 bridgehead atoms. The Hall–Kier alpha value is -0.340. The number of hydrogen-bond donors (Lipinski definition) is 1. The first kappa shape index (κ1) is 16.7. The Morgan fingerprint density at radius 1 is 1.26 bits per heavy atom. The topological polar surface area (TPSA) is 58.6 Å². The number of methoxy groups -OCH3 is 1. The molecule has 0 amide bonds. The van der Waals surface area contributed by atoms with Gasteiger partial charge in [0.2, 0.25) is 10.0 Å². The van der Waals surface area contributed by atoms with Gasteiger partial charge in [0.1, 0.15) is 5.75 Å². The predicted octanol–water partition coefficient (Wildman–Crippen LogP) is 1.47. The van der Waals surface area contributed by atoms with Crippen LogP contribution < -0.4 is 10.1 Å². The summed E-state index contributed by atoms with van der Waals surface area (Å²) in [4.78, 5) is 0.260. The van der Waals surface area contributed by atoms with Crippen LogP contribution in [0.15, 0.2) is 27.6 Å². The molecule has 0 atom stereocenters. The van der Waals surface area contributed by atoms with E-state index in [9.17, 15) is 8.42 Å². The summed E-state index contributed by atoms with van der Waals surface area (Å²) in [6.07, 6.45) is 0. The minimum Gasteiger partial charge on any atom is -0.497 e. The molecule has 1 aromatic rings. The third-order valence-electron chi connectivity index (χ3n) is 2.79. The number of rotatable bonds is 3. The van der Waals surface area contributed by atoms with Crippen LogP contribution in [0, 0.1) is 0 Å². The van der Waals surface area contributed by atoms with Gasteiger partial charge < -0.3 is 10.1 Å². The molecule has 108 valence electrons. The van der Waals surface area contributed by atoms with E-state index < -0.39 is 10.0 Å². The number of sulfonamides is 1. The van der Waals surface area contributed by atoms with Crippen molar-refractivity contribution in [2.75, 3.05) is 33.3 Å². The summed E-state index contributed by atoms with van der Waals surface area (Å²) in [7, 11) is -1.92. The molecule has 1 saturated heterocycles. The molecule has 1 aliphatic rings. The zero-order valence-corrected chi connectivity index (χ0v) is 13.6. The first-order valence-corrected chi connectivity index (χ1v) is 7.83. The fourth-order valence-electron chi connectivity index (χ4n) is 1.84. The fraction of sp³-hybridized carbons (Fsp3) is 0.455. The molecule has 1 fully saturated rings. The average Bonchev–Trinajstić information content (AvgIpc) is 2.39. The molecule has 0 aliphatic carbocycles. The van der Waals surface area contributed by atoms with E-state index in [1.807, 2.05) is 0 Å². The van der Waals surface area contributed by atoms with Gasteiger partial charge in [-0.1, -0.05) is 15.9 Å². The molecule has 0 unspecified atom stereocenters. The van der Waals surface area contributed by atoms with E-state index in [0.717, 1.165) is 0 Å². The summed E-state index contributed by atoms with van der Waals surface area (Å²) in [5.74, 6) is 0.526. The van der Waals surface area contributed by atoms with Crippen LogP contribution in [0.5, 0.6) is 5.75 Å². The predicted molar refractivity (Wildman–Crippen MR) is 79.6 cm³/mol. The lowest BCUT2D eigenvalue weighted by Gasteiger charge is -2.26. The third-order valence-corrected chi connectivity index (χ3v) is 5.13. The molecule has 1 aliphatic heterocycles. The molecule has 1 aromatic carbocycles. The Labute approximate surface area is 127 Å². The lowest BCUT2D eigenvalue weighted by Crippen LogP contribution is -2.46. The monoisotopic (exact) mass is 370 g/mol. The first-order valence-electron chi connectivity index (χ1n) is 5.59. The van der Waals surface area contributed by atoms with Gasteiger partial charge in [-0.25, -0.2) is 8.42 Å². The quantitative estimate of drug-likeness (QED) is 0.874. The summed E-state index contributed by atoms with van der Waals surface area (Å²) in [5.41, 5.74) is 0. The number of nitrogens with zero attached hydrogens (tertiary/aromatic N) is 1. The average molecular weight is 372 g/mol. The summed E-state index contributed by atoms with van der Waals surface area (Å²) in [5, 5.41) is 3.13. The van der Waals surface area contributed by atoms with E-state index in [4.69, 9.17) is 4.74 Å². The lowest BCUT2D eigenvalue weighted by molar-refractivity contribution is 0.359. The Balaban J connectivity index is 0.00000180. The first-order chi connectivity index (χ1) is 8.54. The molecule has 1 N–H and O–H groups in total.